The molecule has 8 nitrogen and oxygen atoms in total. The summed E-state index contributed by atoms with van der Waals surface area (Å²) in [5.74, 6) is 0.436. The van der Waals surface area contributed by atoms with E-state index < -0.39 is 37.3 Å². The number of aliphatic hydroxyl groups is 3. The van der Waals surface area contributed by atoms with Gasteiger partial charge in [-0.05, 0) is 24.3 Å². The molecule has 1 saturated heterocycles. The SMILES string of the molecule is NCCO[C@H]1OC(CO)[C@@H](O)[C@H](O)C1Oc1ccc(O)cc1. The van der Waals surface area contributed by atoms with E-state index in [4.69, 9.17) is 19.9 Å². The van der Waals surface area contributed by atoms with Crippen LogP contribution in [0.3, 0.4) is 0 Å². The van der Waals surface area contributed by atoms with E-state index in [1.54, 1.807) is 0 Å². The third-order valence-corrected chi connectivity index (χ3v) is 3.33. The Labute approximate surface area is 127 Å². The zero-order valence-corrected chi connectivity index (χ0v) is 11.9. The Morgan fingerprint density at radius 3 is 2.41 bits per heavy atom. The molecule has 2 unspecified atom stereocenters. The van der Waals surface area contributed by atoms with Crippen LogP contribution in [-0.2, 0) is 9.47 Å². The van der Waals surface area contributed by atoms with Gasteiger partial charge in [0.25, 0.3) is 0 Å². The molecule has 1 aromatic carbocycles. The van der Waals surface area contributed by atoms with E-state index in [1.165, 1.54) is 24.3 Å². The first kappa shape index (κ1) is 16.9. The van der Waals surface area contributed by atoms with Crippen molar-refractivity contribution in [3.05, 3.63) is 24.3 Å². The minimum atomic E-state index is -1.32. The highest BCUT2D eigenvalue weighted by Crippen LogP contribution is 2.27. The molecule has 124 valence electrons. The van der Waals surface area contributed by atoms with Crippen LogP contribution in [-0.4, -0.2) is 70.9 Å². The monoisotopic (exact) mass is 315 g/mol. The van der Waals surface area contributed by atoms with Crippen LogP contribution in [0, 0.1) is 0 Å². The standard InChI is InChI=1S/C14H21NO7/c15-5-6-20-14-13(12(19)11(18)10(7-16)22-14)21-9-3-1-8(17)2-4-9/h1-4,10-14,16-19H,5-7,15H2/t10?,11-,12+,13?,14+/m1/s1. The highest BCUT2D eigenvalue weighted by atomic mass is 16.7. The molecule has 6 N–H and O–H groups in total. The van der Waals surface area contributed by atoms with Gasteiger partial charge in [-0.1, -0.05) is 0 Å². The van der Waals surface area contributed by atoms with Crippen molar-refractivity contribution in [3.8, 4) is 11.5 Å². The second kappa shape index (κ2) is 7.73. The fraction of sp³-hybridized carbons (Fsp3) is 0.571. The molecule has 0 aromatic heterocycles. The van der Waals surface area contributed by atoms with Crippen molar-refractivity contribution in [2.75, 3.05) is 19.8 Å². The van der Waals surface area contributed by atoms with Gasteiger partial charge >= 0.3 is 0 Å². The Balaban J connectivity index is 2.13. The van der Waals surface area contributed by atoms with Crippen LogP contribution in [0.4, 0.5) is 0 Å². The number of phenolic OH excluding ortho intramolecular Hbond substituents is 1. The molecule has 2 rings (SSSR count). The lowest BCUT2D eigenvalue weighted by Crippen LogP contribution is -2.61. The van der Waals surface area contributed by atoms with Crippen LogP contribution in [0.2, 0.25) is 0 Å². The molecule has 0 radical (unpaired) electrons. The first-order valence-corrected chi connectivity index (χ1v) is 6.96. The average molecular weight is 315 g/mol. The molecular weight excluding hydrogens is 294 g/mol. The maximum atomic E-state index is 10.2. The Hall–Kier alpha value is -1.42. The molecule has 0 bridgehead atoms. The van der Waals surface area contributed by atoms with Gasteiger partial charge in [-0.15, -0.1) is 0 Å². The van der Waals surface area contributed by atoms with E-state index >= 15 is 0 Å². The maximum absolute atomic E-state index is 10.2. The lowest BCUT2D eigenvalue weighted by molar-refractivity contribution is -0.294. The summed E-state index contributed by atoms with van der Waals surface area (Å²) in [6.07, 6.45) is -5.61. The molecule has 0 aliphatic carbocycles. The number of aromatic hydroxyl groups is 1. The molecule has 1 aromatic rings. The summed E-state index contributed by atoms with van der Waals surface area (Å²) >= 11 is 0. The molecule has 1 heterocycles. The Morgan fingerprint density at radius 1 is 1.14 bits per heavy atom. The minimum absolute atomic E-state index is 0.0732. The number of hydrogen-bond donors (Lipinski definition) is 5. The van der Waals surface area contributed by atoms with Crippen molar-refractivity contribution < 1.29 is 34.6 Å². The van der Waals surface area contributed by atoms with Crippen molar-refractivity contribution in [2.24, 2.45) is 5.73 Å². The molecule has 0 spiro atoms. The van der Waals surface area contributed by atoms with E-state index in [1.807, 2.05) is 0 Å². The maximum Gasteiger partial charge on any atom is 0.197 e. The van der Waals surface area contributed by atoms with Crippen molar-refractivity contribution in [2.45, 2.75) is 30.7 Å². The summed E-state index contributed by atoms with van der Waals surface area (Å²) in [5, 5.41) is 38.6. The third-order valence-electron chi connectivity index (χ3n) is 3.33. The topological polar surface area (TPSA) is 135 Å². The van der Waals surface area contributed by atoms with Gasteiger partial charge in [0, 0.05) is 6.54 Å². The molecule has 5 atom stereocenters. The second-order valence-electron chi connectivity index (χ2n) is 4.94. The largest absolute Gasteiger partial charge is 0.508 e. The average Bonchev–Trinajstić information content (AvgIpc) is 2.53. The summed E-state index contributed by atoms with van der Waals surface area (Å²) in [5.41, 5.74) is 5.38. The van der Waals surface area contributed by atoms with Crippen molar-refractivity contribution in [1.29, 1.82) is 0 Å². The van der Waals surface area contributed by atoms with Gasteiger partial charge in [0.05, 0.1) is 13.2 Å². The van der Waals surface area contributed by atoms with Gasteiger partial charge in [0.15, 0.2) is 12.4 Å². The Bertz CT molecular complexity index is 455. The highest BCUT2D eigenvalue weighted by molar-refractivity contribution is 5.30. The first-order chi connectivity index (χ1) is 10.6. The minimum Gasteiger partial charge on any atom is -0.508 e. The van der Waals surface area contributed by atoms with E-state index in [0.717, 1.165) is 0 Å². The molecule has 22 heavy (non-hydrogen) atoms. The van der Waals surface area contributed by atoms with Gasteiger partial charge in [0.2, 0.25) is 0 Å². The van der Waals surface area contributed by atoms with Crippen molar-refractivity contribution >= 4 is 0 Å². The fourth-order valence-electron chi connectivity index (χ4n) is 2.18. The van der Waals surface area contributed by atoms with E-state index in [9.17, 15) is 20.4 Å². The second-order valence-corrected chi connectivity index (χ2v) is 4.94. The predicted molar refractivity (Wildman–Crippen MR) is 75.3 cm³/mol. The van der Waals surface area contributed by atoms with Crippen LogP contribution in [0.1, 0.15) is 0 Å². The zero-order chi connectivity index (χ0) is 16.1. The molecular formula is C14H21NO7. The quantitative estimate of drug-likeness (QED) is 0.430. The van der Waals surface area contributed by atoms with Crippen LogP contribution in [0.25, 0.3) is 0 Å². The number of aliphatic hydroxyl groups excluding tert-OH is 3. The molecule has 1 aliphatic rings. The van der Waals surface area contributed by atoms with Crippen molar-refractivity contribution in [1.82, 2.24) is 0 Å². The Kier molecular flexibility index (Phi) is 5.95. The molecule has 1 fully saturated rings. The van der Waals surface area contributed by atoms with Crippen LogP contribution >= 0.6 is 0 Å². The van der Waals surface area contributed by atoms with Gasteiger partial charge in [0.1, 0.15) is 29.8 Å². The van der Waals surface area contributed by atoms with E-state index in [0.29, 0.717) is 5.75 Å². The first-order valence-electron chi connectivity index (χ1n) is 6.96. The number of nitrogens with two attached hydrogens (primary N) is 1. The lowest BCUT2D eigenvalue weighted by atomic mass is 9.99. The fourth-order valence-corrected chi connectivity index (χ4v) is 2.18. The van der Waals surface area contributed by atoms with Crippen LogP contribution in [0.5, 0.6) is 11.5 Å². The highest BCUT2D eigenvalue weighted by Gasteiger charge is 2.46. The number of benzene rings is 1. The van der Waals surface area contributed by atoms with E-state index in [2.05, 4.69) is 0 Å². The van der Waals surface area contributed by atoms with Crippen LogP contribution < -0.4 is 10.5 Å². The Morgan fingerprint density at radius 2 is 1.82 bits per heavy atom. The summed E-state index contributed by atoms with van der Waals surface area (Å²) in [7, 11) is 0. The van der Waals surface area contributed by atoms with Gasteiger partial charge in [-0.2, -0.15) is 0 Å². The van der Waals surface area contributed by atoms with Gasteiger partial charge < -0.3 is 40.4 Å². The lowest BCUT2D eigenvalue weighted by Gasteiger charge is -2.41. The molecule has 1 aliphatic heterocycles. The number of hydrogen-bond acceptors (Lipinski definition) is 8. The molecule has 0 amide bonds. The van der Waals surface area contributed by atoms with Gasteiger partial charge in [-0.25, -0.2) is 0 Å². The summed E-state index contributed by atoms with van der Waals surface area (Å²) < 4.78 is 16.4. The zero-order valence-electron chi connectivity index (χ0n) is 11.9. The molecule has 8 heteroatoms. The number of ether oxygens (including phenoxy) is 3. The third kappa shape index (κ3) is 3.86. The number of rotatable bonds is 6. The number of phenols is 1. The van der Waals surface area contributed by atoms with Crippen molar-refractivity contribution in [3.63, 3.8) is 0 Å². The van der Waals surface area contributed by atoms with Crippen LogP contribution in [0.15, 0.2) is 24.3 Å². The smallest absolute Gasteiger partial charge is 0.197 e. The predicted octanol–water partition coefficient (Wildman–Crippen LogP) is -1.45. The normalized spacial score (nSPS) is 31.9. The van der Waals surface area contributed by atoms with Gasteiger partial charge in [-0.3, -0.25) is 0 Å². The molecule has 0 saturated carbocycles. The summed E-state index contributed by atoms with van der Waals surface area (Å²) in [4.78, 5) is 0. The summed E-state index contributed by atoms with van der Waals surface area (Å²) in [6.45, 7) is -0.0536. The van der Waals surface area contributed by atoms with E-state index in [-0.39, 0.29) is 18.9 Å². The summed E-state index contributed by atoms with van der Waals surface area (Å²) in [6, 6.07) is 5.86.